The van der Waals surface area contributed by atoms with Gasteiger partial charge in [0.2, 0.25) is 5.91 Å². The van der Waals surface area contributed by atoms with E-state index < -0.39 is 30.4 Å². The highest BCUT2D eigenvalue weighted by Crippen LogP contribution is 2.01. The highest BCUT2D eigenvalue weighted by Gasteiger charge is 2.23. The van der Waals surface area contributed by atoms with Gasteiger partial charge in [-0.15, -0.1) is 6.42 Å². The second-order valence-corrected chi connectivity index (χ2v) is 4.35. The van der Waals surface area contributed by atoms with Gasteiger partial charge in [0.1, 0.15) is 12.6 Å². The summed E-state index contributed by atoms with van der Waals surface area (Å²) in [4.78, 5) is 35.7. The normalized spacial score (nSPS) is 11.0. The predicted octanol–water partition coefficient (Wildman–Crippen LogP) is 0.351. The number of nitrogens with one attached hydrogen (secondary N) is 1. The molecule has 0 saturated carbocycles. The Morgan fingerprint density at radius 1 is 1.33 bits per heavy atom. The topological polar surface area (TPSA) is 86.7 Å². The fourth-order valence-corrected chi connectivity index (χ4v) is 1.69. The number of nitrogens with zero attached hydrogens (tertiary/aromatic N) is 1. The van der Waals surface area contributed by atoms with Crippen molar-refractivity contribution in [1.82, 2.24) is 10.2 Å². The van der Waals surface area contributed by atoms with Crippen LogP contribution in [0.15, 0.2) is 30.3 Å². The van der Waals surface area contributed by atoms with Crippen molar-refractivity contribution in [3.05, 3.63) is 35.9 Å². The van der Waals surface area contributed by atoms with Crippen LogP contribution in [0.1, 0.15) is 17.3 Å². The summed E-state index contributed by atoms with van der Waals surface area (Å²) in [5.74, 6) is 0.105. The van der Waals surface area contributed by atoms with E-state index in [4.69, 9.17) is 11.5 Å². The summed E-state index contributed by atoms with van der Waals surface area (Å²) < 4.78 is 0. The van der Waals surface area contributed by atoms with Gasteiger partial charge in [0.15, 0.2) is 0 Å². The van der Waals surface area contributed by atoms with E-state index in [0.717, 1.165) is 4.90 Å². The molecule has 2 amide bonds. The molecule has 1 atom stereocenters. The average molecular weight is 288 g/mol. The monoisotopic (exact) mass is 288 g/mol. The van der Waals surface area contributed by atoms with Gasteiger partial charge in [0, 0.05) is 5.56 Å². The van der Waals surface area contributed by atoms with Gasteiger partial charge in [-0.25, -0.2) is 0 Å². The zero-order valence-corrected chi connectivity index (χ0v) is 11.6. The zero-order chi connectivity index (χ0) is 15.8. The number of aliphatic carboxylic acids is 1. The molecule has 1 unspecified atom stereocenters. The lowest BCUT2D eigenvalue weighted by Crippen LogP contribution is -2.48. The molecular formula is C15H16N2O4. The number of benzene rings is 1. The van der Waals surface area contributed by atoms with E-state index >= 15 is 0 Å². The number of hydrogen-bond acceptors (Lipinski definition) is 3. The molecule has 1 aromatic rings. The van der Waals surface area contributed by atoms with E-state index in [9.17, 15) is 14.4 Å². The van der Waals surface area contributed by atoms with Gasteiger partial charge in [0.05, 0.1) is 6.54 Å². The summed E-state index contributed by atoms with van der Waals surface area (Å²) in [5, 5.41) is 11.3. The van der Waals surface area contributed by atoms with Crippen molar-refractivity contribution in [2.75, 3.05) is 13.1 Å². The molecule has 110 valence electrons. The number of terminal acetylenes is 1. The number of carbonyl (C=O) groups excluding carboxylic acids is 2. The molecule has 0 heterocycles. The maximum atomic E-state index is 12.1. The minimum Gasteiger partial charge on any atom is -0.480 e. The second-order valence-electron chi connectivity index (χ2n) is 4.35. The van der Waals surface area contributed by atoms with Crippen LogP contribution >= 0.6 is 0 Å². The first-order valence-electron chi connectivity index (χ1n) is 6.25. The molecule has 1 aromatic carbocycles. The van der Waals surface area contributed by atoms with Crippen LogP contribution in [-0.4, -0.2) is 46.9 Å². The number of rotatable bonds is 6. The van der Waals surface area contributed by atoms with Crippen LogP contribution in [0.2, 0.25) is 0 Å². The third-order valence-electron chi connectivity index (χ3n) is 2.67. The van der Waals surface area contributed by atoms with Gasteiger partial charge >= 0.3 is 5.97 Å². The Bertz CT molecular complexity index is 563. The Morgan fingerprint density at radius 2 is 1.95 bits per heavy atom. The Kier molecular flexibility index (Phi) is 5.96. The van der Waals surface area contributed by atoms with Crippen molar-refractivity contribution >= 4 is 17.8 Å². The Hall–Kier alpha value is -2.81. The van der Waals surface area contributed by atoms with Gasteiger partial charge in [-0.3, -0.25) is 14.4 Å². The van der Waals surface area contributed by atoms with Crippen molar-refractivity contribution < 1.29 is 19.5 Å². The Labute approximate surface area is 122 Å². The van der Waals surface area contributed by atoms with Gasteiger partial charge < -0.3 is 15.3 Å². The summed E-state index contributed by atoms with van der Waals surface area (Å²) in [6.07, 6.45) is 5.11. The molecule has 0 aliphatic heterocycles. The lowest BCUT2D eigenvalue weighted by atomic mass is 10.2. The largest absolute Gasteiger partial charge is 0.480 e. The molecule has 2 N–H and O–H groups in total. The Balaban J connectivity index is 2.70. The highest BCUT2D eigenvalue weighted by atomic mass is 16.4. The lowest BCUT2D eigenvalue weighted by molar-refractivity contribution is -0.144. The van der Waals surface area contributed by atoms with Crippen LogP contribution in [0.5, 0.6) is 0 Å². The quantitative estimate of drug-likeness (QED) is 0.740. The molecule has 0 aliphatic rings. The molecule has 0 aliphatic carbocycles. The van der Waals surface area contributed by atoms with Crippen LogP contribution in [0.25, 0.3) is 0 Å². The molecule has 6 nitrogen and oxygen atoms in total. The summed E-state index contributed by atoms with van der Waals surface area (Å²) in [5.41, 5.74) is 0.416. The van der Waals surface area contributed by atoms with E-state index in [1.807, 2.05) is 0 Å². The van der Waals surface area contributed by atoms with Gasteiger partial charge in [-0.1, -0.05) is 24.1 Å². The van der Waals surface area contributed by atoms with Crippen molar-refractivity contribution in [2.45, 2.75) is 13.0 Å². The van der Waals surface area contributed by atoms with Crippen molar-refractivity contribution in [3.63, 3.8) is 0 Å². The van der Waals surface area contributed by atoms with E-state index in [-0.39, 0.29) is 6.54 Å². The fourth-order valence-electron chi connectivity index (χ4n) is 1.69. The highest BCUT2D eigenvalue weighted by molar-refractivity contribution is 5.97. The molecular weight excluding hydrogens is 272 g/mol. The van der Waals surface area contributed by atoms with Crippen LogP contribution in [0, 0.1) is 12.3 Å². The fraction of sp³-hybridized carbons (Fsp3) is 0.267. The van der Waals surface area contributed by atoms with Gasteiger partial charge in [0.25, 0.3) is 5.91 Å². The number of amides is 2. The SMILES string of the molecule is C#CCN(CC(=O)O)C(=O)C(C)NC(=O)c1ccccc1. The van der Waals surface area contributed by atoms with Gasteiger partial charge in [-0.05, 0) is 19.1 Å². The minimum atomic E-state index is -1.17. The van der Waals surface area contributed by atoms with Gasteiger partial charge in [-0.2, -0.15) is 0 Å². The molecule has 21 heavy (non-hydrogen) atoms. The van der Waals surface area contributed by atoms with E-state index in [2.05, 4.69) is 11.2 Å². The van der Waals surface area contributed by atoms with Crippen molar-refractivity contribution in [3.8, 4) is 12.3 Å². The number of carboxylic acid groups (broad SMARTS) is 1. The van der Waals surface area contributed by atoms with E-state index in [1.165, 1.54) is 6.92 Å². The van der Waals surface area contributed by atoms with Crippen molar-refractivity contribution in [2.24, 2.45) is 0 Å². The predicted molar refractivity (Wildman–Crippen MR) is 76.4 cm³/mol. The average Bonchev–Trinajstić information content (AvgIpc) is 2.46. The number of carbonyl (C=O) groups is 3. The third kappa shape index (κ3) is 4.99. The molecule has 6 heteroatoms. The first-order chi connectivity index (χ1) is 9.95. The second kappa shape index (κ2) is 7.70. The smallest absolute Gasteiger partial charge is 0.323 e. The van der Waals surface area contributed by atoms with Crippen molar-refractivity contribution in [1.29, 1.82) is 0 Å². The van der Waals surface area contributed by atoms with Crippen LogP contribution in [-0.2, 0) is 9.59 Å². The number of carboxylic acids is 1. The van der Waals surface area contributed by atoms with Crippen LogP contribution in [0.4, 0.5) is 0 Å². The summed E-state index contributed by atoms with van der Waals surface area (Å²) >= 11 is 0. The minimum absolute atomic E-state index is 0.128. The summed E-state index contributed by atoms with van der Waals surface area (Å²) in [7, 11) is 0. The molecule has 0 aromatic heterocycles. The third-order valence-corrected chi connectivity index (χ3v) is 2.67. The standard InChI is InChI=1S/C15H16N2O4/c1-3-9-17(10-13(18)19)15(21)11(2)16-14(20)12-7-5-4-6-8-12/h1,4-8,11H,9-10H2,2H3,(H,16,20)(H,18,19). The van der Waals surface area contributed by atoms with Crippen LogP contribution < -0.4 is 5.32 Å². The molecule has 0 fully saturated rings. The first-order valence-corrected chi connectivity index (χ1v) is 6.25. The summed E-state index contributed by atoms with van der Waals surface area (Å²) in [6.45, 7) is 0.847. The lowest BCUT2D eigenvalue weighted by Gasteiger charge is -2.22. The van der Waals surface area contributed by atoms with E-state index in [1.54, 1.807) is 30.3 Å². The number of hydrogen-bond donors (Lipinski definition) is 2. The molecule has 0 saturated heterocycles. The maximum absolute atomic E-state index is 12.1. The molecule has 1 rings (SSSR count). The summed E-state index contributed by atoms with van der Waals surface area (Å²) in [6, 6.07) is 7.54. The molecule has 0 spiro atoms. The zero-order valence-electron chi connectivity index (χ0n) is 11.6. The first kappa shape index (κ1) is 16.2. The molecule has 0 bridgehead atoms. The Morgan fingerprint density at radius 3 is 2.48 bits per heavy atom. The van der Waals surface area contributed by atoms with Crippen LogP contribution in [0.3, 0.4) is 0 Å². The maximum Gasteiger partial charge on any atom is 0.323 e. The van der Waals surface area contributed by atoms with E-state index in [0.29, 0.717) is 5.56 Å². The molecule has 0 radical (unpaired) electrons.